The monoisotopic (exact) mass is 669 g/mol. The second-order valence-corrected chi connectivity index (χ2v) is 16.2. The summed E-state index contributed by atoms with van der Waals surface area (Å²) in [4.78, 5) is 9.49. The number of rotatable bonds is 40. The predicted octanol–water partition coefficient (Wildman–Crippen LogP) is 16.2. The molecule has 0 radical (unpaired) electrons. The van der Waals surface area contributed by atoms with Gasteiger partial charge in [0.1, 0.15) is 0 Å². The van der Waals surface area contributed by atoms with Gasteiger partial charge in [0.05, 0.1) is 6.61 Å². The van der Waals surface area contributed by atoms with Crippen molar-refractivity contribution in [2.75, 3.05) is 6.61 Å². The predicted molar refractivity (Wildman–Crippen MR) is 207 cm³/mol. The van der Waals surface area contributed by atoms with E-state index in [-0.39, 0.29) is 6.61 Å². The first-order valence-electron chi connectivity index (χ1n) is 21.3. The molecule has 0 heterocycles. The Morgan fingerprint density at radius 2 is 0.609 bits per heavy atom. The molecule has 0 aliphatic heterocycles. The lowest BCUT2D eigenvalue weighted by Gasteiger charge is -2.05. The third kappa shape index (κ3) is 40.1. The first-order valence-corrected chi connectivity index (χ1v) is 22.9. The second kappa shape index (κ2) is 39.3. The molecular weight excluding hydrogens is 583 g/mol. The van der Waals surface area contributed by atoms with E-state index in [4.69, 9.17) is 4.52 Å². The van der Waals surface area contributed by atoms with Gasteiger partial charge in [0.2, 0.25) is 0 Å². The van der Waals surface area contributed by atoms with Gasteiger partial charge >= 0.3 is 7.60 Å². The molecule has 46 heavy (non-hydrogen) atoms. The summed E-state index contributed by atoms with van der Waals surface area (Å²) in [5.41, 5.74) is 0. The molecule has 1 unspecified atom stereocenters. The number of allylic oxidation sites excluding steroid dienone is 1. The van der Waals surface area contributed by atoms with Gasteiger partial charge in [-0.1, -0.05) is 238 Å². The lowest BCUT2D eigenvalue weighted by molar-refractivity contribution is 0.283. The fraction of sp³-hybridized carbons (Fsp3) is 0.952. The Labute approximate surface area is 290 Å². The molecule has 4 heteroatoms. The van der Waals surface area contributed by atoms with Crippen molar-refractivity contribution in [2.24, 2.45) is 0 Å². The van der Waals surface area contributed by atoms with Gasteiger partial charge in [-0.05, 0) is 19.8 Å². The minimum Gasteiger partial charge on any atom is -0.321 e. The minimum atomic E-state index is -3.48. The molecule has 0 rings (SSSR count). The molecule has 0 saturated carbocycles. The van der Waals surface area contributed by atoms with Crippen LogP contribution in [0.4, 0.5) is 0 Å². The Bertz CT molecular complexity index is 634. The maximum Gasteiger partial charge on any atom is 0.351 e. The summed E-state index contributed by atoms with van der Waals surface area (Å²) in [5.74, 6) is 1.35. The van der Waals surface area contributed by atoms with Crippen molar-refractivity contribution < 1.29 is 14.0 Å². The van der Waals surface area contributed by atoms with Crippen molar-refractivity contribution in [1.82, 2.24) is 0 Å². The summed E-state index contributed by atoms with van der Waals surface area (Å²) >= 11 is 0. The van der Waals surface area contributed by atoms with Gasteiger partial charge in [-0.15, -0.1) is 0 Å². The lowest BCUT2D eigenvalue weighted by Crippen LogP contribution is -1.85. The van der Waals surface area contributed by atoms with Crippen molar-refractivity contribution in [3.05, 3.63) is 11.9 Å². The molecular formula is C42H85O3P. The lowest BCUT2D eigenvalue weighted by atomic mass is 10.0. The molecule has 0 spiro atoms. The number of unbranched alkanes of at least 4 members (excludes halogenated alkanes) is 36. The van der Waals surface area contributed by atoms with E-state index in [0.717, 1.165) is 12.8 Å². The maximum atomic E-state index is 11.5. The molecule has 276 valence electrons. The van der Waals surface area contributed by atoms with E-state index in [9.17, 15) is 9.46 Å². The zero-order chi connectivity index (χ0) is 33.5. The summed E-state index contributed by atoms with van der Waals surface area (Å²) < 4.78 is 16.4. The van der Waals surface area contributed by atoms with Crippen LogP contribution in [0.2, 0.25) is 0 Å². The van der Waals surface area contributed by atoms with Crippen LogP contribution < -0.4 is 0 Å². The molecule has 0 saturated heterocycles. The van der Waals surface area contributed by atoms with E-state index in [1.807, 2.05) is 0 Å². The summed E-state index contributed by atoms with van der Waals surface area (Å²) in [6.45, 7) is 4.32. The molecule has 0 fully saturated rings. The molecule has 1 N–H and O–H groups in total. The molecule has 0 aliphatic carbocycles. The second-order valence-electron chi connectivity index (χ2n) is 14.5. The van der Waals surface area contributed by atoms with Gasteiger partial charge < -0.3 is 9.42 Å². The number of hydrogen-bond acceptors (Lipinski definition) is 2. The summed E-state index contributed by atoms with van der Waals surface area (Å²) in [5, 5.41) is 0. The van der Waals surface area contributed by atoms with Crippen molar-refractivity contribution in [2.45, 2.75) is 251 Å². The third-order valence-corrected chi connectivity index (χ3v) is 11.0. The highest BCUT2D eigenvalue weighted by molar-refractivity contribution is 7.56. The highest BCUT2D eigenvalue weighted by Gasteiger charge is 2.11. The molecule has 0 aromatic carbocycles. The van der Waals surface area contributed by atoms with Crippen molar-refractivity contribution in [3.63, 3.8) is 0 Å². The summed E-state index contributed by atoms with van der Waals surface area (Å²) in [7, 11) is -3.48. The van der Waals surface area contributed by atoms with E-state index >= 15 is 0 Å². The molecule has 0 aliphatic rings. The van der Waals surface area contributed by atoms with Crippen LogP contribution in [0.3, 0.4) is 0 Å². The first kappa shape index (κ1) is 45.9. The minimum absolute atomic E-state index is 0.276. The zero-order valence-corrected chi connectivity index (χ0v) is 32.6. The van der Waals surface area contributed by atoms with Crippen LogP contribution in [0.5, 0.6) is 0 Å². The van der Waals surface area contributed by atoms with E-state index in [1.54, 1.807) is 13.0 Å². The van der Waals surface area contributed by atoms with Gasteiger partial charge in [-0.2, -0.15) is 0 Å². The fourth-order valence-electron chi connectivity index (χ4n) is 6.78. The first-order chi connectivity index (χ1) is 22.6. The molecule has 0 aromatic rings. The SMILES string of the molecule is CCCCCCCCCCCCCCCCCCCCCCCCCCCCCCCCCCCCCCC=CP(=O)(O)OCC. The Balaban J connectivity index is 3.10. The Morgan fingerprint density at radius 3 is 0.826 bits per heavy atom. The standard InChI is InChI=1S/C42H85O3P/c1-3-5-6-7-8-9-10-11-12-13-14-15-16-17-18-19-20-21-22-23-24-25-26-27-28-29-30-31-32-33-34-35-36-37-38-39-40-41-42-46(43,44)45-4-2/h41-42H,3-40H2,1-2H3,(H,43,44). The zero-order valence-electron chi connectivity index (χ0n) is 31.7. The van der Waals surface area contributed by atoms with Gasteiger partial charge in [0, 0.05) is 5.82 Å². The van der Waals surface area contributed by atoms with E-state index in [0.29, 0.717) is 0 Å². The van der Waals surface area contributed by atoms with Gasteiger partial charge in [0.15, 0.2) is 0 Å². The Kier molecular flexibility index (Phi) is 39.2. The van der Waals surface area contributed by atoms with Crippen molar-refractivity contribution in [3.8, 4) is 0 Å². The average molecular weight is 669 g/mol. The topological polar surface area (TPSA) is 46.5 Å². The highest BCUT2D eigenvalue weighted by Crippen LogP contribution is 2.43. The normalized spacial score (nSPS) is 13.2. The Morgan fingerprint density at radius 1 is 0.391 bits per heavy atom. The average Bonchev–Trinajstić information content (AvgIpc) is 3.04. The van der Waals surface area contributed by atoms with Crippen LogP contribution >= 0.6 is 7.60 Å². The molecule has 1 atom stereocenters. The molecule has 3 nitrogen and oxygen atoms in total. The van der Waals surface area contributed by atoms with Crippen molar-refractivity contribution >= 4 is 7.60 Å². The van der Waals surface area contributed by atoms with E-state index in [2.05, 4.69) is 6.92 Å². The fourth-order valence-corrected chi connectivity index (χ4v) is 7.65. The van der Waals surface area contributed by atoms with Gasteiger partial charge in [-0.3, -0.25) is 4.57 Å². The van der Waals surface area contributed by atoms with Crippen LogP contribution in [-0.2, 0) is 9.09 Å². The molecule has 0 aromatic heterocycles. The van der Waals surface area contributed by atoms with Gasteiger partial charge in [-0.25, -0.2) is 0 Å². The highest BCUT2D eigenvalue weighted by atomic mass is 31.2. The third-order valence-electron chi connectivity index (χ3n) is 9.83. The van der Waals surface area contributed by atoms with E-state index < -0.39 is 7.60 Å². The summed E-state index contributed by atoms with van der Waals surface area (Å²) in [6.07, 6.45) is 54.3. The summed E-state index contributed by atoms with van der Waals surface area (Å²) in [6, 6.07) is 0. The maximum absolute atomic E-state index is 11.5. The molecule has 0 bridgehead atoms. The van der Waals surface area contributed by atoms with Crippen molar-refractivity contribution in [1.29, 1.82) is 0 Å². The Hall–Kier alpha value is -0.110. The van der Waals surface area contributed by atoms with Crippen LogP contribution in [-0.4, -0.2) is 11.5 Å². The van der Waals surface area contributed by atoms with E-state index in [1.165, 1.54) is 231 Å². The van der Waals surface area contributed by atoms with Gasteiger partial charge in [0.25, 0.3) is 0 Å². The largest absolute Gasteiger partial charge is 0.351 e. The number of hydrogen-bond donors (Lipinski definition) is 1. The van der Waals surface area contributed by atoms with Crippen LogP contribution in [0, 0.1) is 0 Å². The van der Waals surface area contributed by atoms with Crippen LogP contribution in [0.1, 0.15) is 251 Å². The smallest absolute Gasteiger partial charge is 0.321 e. The quantitative estimate of drug-likeness (QED) is 0.0522. The molecule has 0 amide bonds. The van der Waals surface area contributed by atoms with Crippen LogP contribution in [0.25, 0.3) is 0 Å². The van der Waals surface area contributed by atoms with Crippen LogP contribution in [0.15, 0.2) is 11.9 Å².